The van der Waals surface area contributed by atoms with Crippen molar-refractivity contribution in [1.29, 1.82) is 0 Å². The topological polar surface area (TPSA) is 227 Å². The van der Waals surface area contributed by atoms with Crippen molar-refractivity contribution in [3.63, 3.8) is 0 Å². The molecular weight excluding hydrogens is 616 g/mol. The molecule has 15 atom stereocenters. The van der Waals surface area contributed by atoms with Crippen molar-refractivity contribution in [2.75, 3.05) is 13.2 Å². The van der Waals surface area contributed by atoms with Gasteiger partial charge in [-0.25, -0.2) is 4.79 Å². The first-order valence-electron chi connectivity index (χ1n) is 16.2. The quantitative estimate of drug-likeness (QED) is 0.204. The summed E-state index contributed by atoms with van der Waals surface area (Å²) in [6, 6.07) is 0. The van der Waals surface area contributed by atoms with E-state index in [1.54, 1.807) is 20.8 Å². The lowest BCUT2D eigenvalue weighted by Gasteiger charge is -2.46. The number of hydrogen-bond acceptors (Lipinski definition) is 12. The molecule has 0 radical (unpaired) electrons. The summed E-state index contributed by atoms with van der Waals surface area (Å²) < 4.78 is 16.7. The van der Waals surface area contributed by atoms with Gasteiger partial charge < -0.3 is 60.2 Å². The normalized spacial score (nSPS) is 41.3. The summed E-state index contributed by atoms with van der Waals surface area (Å²) in [4.78, 5) is 11.0. The molecule has 13 nitrogen and oxygen atoms in total. The van der Waals surface area contributed by atoms with Crippen LogP contribution in [-0.2, 0) is 19.0 Å². The van der Waals surface area contributed by atoms with Crippen molar-refractivity contribution in [2.45, 2.75) is 164 Å². The predicted octanol–water partition coefficient (Wildman–Crippen LogP) is 1.18. The van der Waals surface area contributed by atoms with Gasteiger partial charge in [0, 0.05) is 17.8 Å². The average Bonchev–Trinajstić information content (AvgIpc) is 2.92. The first-order chi connectivity index (χ1) is 20.7. The number of ether oxygens (including phenoxy) is 3. The number of hydrogen-bond donors (Lipinski definition) is 9. The molecule has 3 fully saturated rings. The number of aliphatic hydroxyl groups is 8. The minimum absolute atomic E-state index is 0. The van der Waals surface area contributed by atoms with E-state index in [-0.39, 0.29) is 43.3 Å². The van der Waals surface area contributed by atoms with Gasteiger partial charge in [0.05, 0.1) is 62.0 Å². The highest BCUT2D eigenvalue weighted by molar-refractivity contribution is 5.73. The summed E-state index contributed by atoms with van der Waals surface area (Å²) in [5.41, 5.74) is -0.934. The third-order valence-electron chi connectivity index (χ3n) is 9.35. The number of aliphatic hydroxyl groups excluding tert-OH is 8. The van der Waals surface area contributed by atoms with E-state index in [1.165, 1.54) is 0 Å². The van der Waals surface area contributed by atoms with Gasteiger partial charge in [0.15, 0.2) is 6.10 Å². The third kappa shape index (κ3) is 11.5. The highest BCUT2D eigenvalue weighted by Gasteiger charge is 2.50. The van der Waals surface area contributed by atoms with Gasteiger partial charge >= 0.3 is 5.97 Å². The summed E-state index contributed by atoms with van der Waals surface area (Å²) in [5.74, 6) is -2.22. The number of rotatable bonds is 3. The van der Waals surface area contributed by atoms with Crippen molar-refractivity contribution >= 4 is 5.97 Å². The molecule has 0 aromatic rings. The molecule has 282 valence electrons. The van der Waals surface area contributed by atoms with Crippen molar-refractivity contribution in [3.8, 4) is 0 Å². The maximum absolute atomic E-state index is 11.0. The monoisotopic (exact) mass is 684 g/mol. The second-order valence-electron chi connectivity index (χ2n) is 16.5. The zero-order chi connectivity index (χ0) is 36.3. The molecule has 9 N–H and O–H groups in total. The Bertz CT molecular complexity index is 876. The molecule has 0 unspecified atom stereocenters. The van der Waals surface area contributed by atoms with Crippen LogP contribution in [0.1, 0.15) is 90.5 Å². The van der Waals surface area contributed by atoms with Gasteiger partial charge in [-0.05, 0) is 16.2 Å². The van der Waals surface area contributed by atoms with Crippen LogP contribution in [0.25, 0.3) is 0 Å². The molecule has 0 amide bonds. The Morgan fingerprint density at radius 2 is 0.766 bits per heavy atom. The van der Waals surface area contributed by atoms with E-state index in [2.05, 4.69) is 0 Å². The van der Waals surface area contributed by atoms with Crippen LogP contribution in [0.2, 0.25) is 0 Å². The summed E-state index contributed by atoms with van der Waals surface area (Å²) in [6.07, 6.45) is -8.99. The predicted molar refractivity (Wildman–Crippen MR) is 176 cm³/mol. The van der Waals surface area contributed by atoms with Gasteiger partial charge in [-0.3, -0.25) is 0 Å². The fraction of sp³-hybridized carbons (Fsp3) is 0.971. The van der Waals surface area contributed by atoms with Crippen LogP contribution < -0.4 is 0 Å². The minimum atomic E-state index is -1.10. The molecule has 0 aliphatic carbocycles. The summed E-state index contributed by atoms with van der Waals surface area (Å²) >= 11 is 0. The smallest absolute Gasteiger partial charge is 0.333 e. The van der Waals surface area contributed by atoms with Gasteiger partial charge in [0.25, 0.3) is 0 Å². The van der Waals surface area contributed by atoms with Crippen molar-refractivity contribution in [2.24, 2.45) is 34.0 Å². The Hall–Kier alpha value is -0.970. The molecule has 3 aliphatic heterocycles. The molecule has 47 heavy (non-hydrogen) atoms. The average molecular weight is 685 g/mol. The Morgan fingerprint density at radius 1 is 0.511 bits per heavy atom. The molecule has 13 heteroatoms. The Labute approximate surface area is 281 Å². The Balaban J connectivity index is 0.000000669. The van der Waals surface area contributed by atoms with Crippen molar-refractivity contribution < 1.29 is 65.0 Å². The molecule has 0 bridgehead atoms. The fourth-order valence-electron chi connectivity index (χ4n) is 6.09. The summed E-state index contributed by atoms with van der Waals surface area (Å²) in [6.45, 7) is 22.0. The second-order valence-corrected chi connectivity index (χ2v) is 16.5. The van der Waals surface area contributed by atoms with Crippen LogP contribution in [0, 0.1) is 34.0 Å². The third-order valence-corrected chi connectivity index (χ3v) is 9.35. The summed E-state index contributed by atoms with van der Waals surface area (Å²) in [7, 11) is 0. The van der Waals surface area contributed by atoms with Gasteiger partial charge in [-0.2, -0.15) is 0 Å². The van der Waals surface area contributed by atoms with Crippen LogP contribution in [0.4, 0.5) is 0 Å². The Morgan fingerprint density at radius 3 is 1.00 bits per heavy atom. The zero-order valence-corrected chi connectivity index (χ0v) is 29.7. The molecule has 0 aromatic heterocycles. The lowest BCUT2D eigenvalue weighted by Crippen LogP contribution is -2.59. The van der Waals surface area contributed by atoms with Gasteiger partial charge in [-0.1, -0.05) is 90.5 Å². The van der Waals surface area contributed by atoms with Crippen LogP contribution in [0.15, 0.2) is 0 Å². The molecule has 3 aliphatic rings. The number of aliphatic carboxylic acids is 1. The van der Waals surface area contributed by atoms with E-state index in [9.17, 15) is 35.4 Å². The van der Waals surface area contributed by atoms with E-state index in [0.29, 0.717) is 0 Å². The van der Waals surface area contributed by atoms with Gasteiger partial charge in [-0.15, -0.1) is 0 Å². The summed E-state index contributed by atoms with van der Waals surface area (Å²) in [5, 5.41) is 86.4. The highest BCUT2D eigenvalue weighted by Crippen LogP contribution is 2.37. The Kier molecular flexibility index (Phi) is 17.4. The first kappa shape index (κ1) is 46.0. The van der Waals surface area contributed by atoms with E-state index >= 15 is 0 Å². The second kappa shape index (κ2) is 17.8. The van der Waals surface area contributed by atoms with E-state index in [0.717, 1.165) is 0 Å². The minimum Gasteiger partial charge on any atom is -0.479 e. The molecule has 3 heterocycles. The lowest BCUT2D eigenvalue weighted by atomic mass is 9.78. The van der Waals surface area contributed by atoms with Crippen molar-refractivity contribution in [1.82, 2.24) is 0 Å². The van der Waals surface area contributed by atoms with Crippen LogP contribution >= 0.6 is 0 Å². The molecule has 0 saturated carbocycles. The SMILES string of the molecule is C.C[C@@H]1[C@H](O)[C@@H](O)[C@H](C(C)(C)C)O[C@@H]1CO.C[C@H]1[C@H](O)[C@@H](O)[C@H](C(C)(C)C)O[C@@H]1C(=O)O.C[C@H]1[C@H](O)[C@@H](O)[C@H](C(C)(C)C)O[C@@H]1CO. The maximum atomic E-state index is 11.0. The maximum Gasteiger partial charge on any atom is 0.333 e. The van der Waals surface area contributed by atoms with Gasteiger partial charge in [0.2, 0.25) is 0 Å². The first-order valence-corrected chi connectivity index (χ1v) is 16.2. The van der Waals surface area contributed by atoms with E-state index in [4.69, 9.17) is 29.5 Å². The zero-order valence-electron chi connectivity index (χ0n) is 29.7. The van der Waals surface area contributed by atoms with Crippen LogP contribution in [0.5, 0.6) is 0 Å². The van der Waals surface area contributed by atoms with E-state index < -0.39 is 90.5 Å². The van der Waals surface area contributed by atoms with Crippen molar-refractivity contribution in [3.05, 3.63) is 0 Å². The van der Waals surface area contributed by atoms with Crippen LogP contribution in [-0.4, -0.2) is 138 Å². The van der Waals surface area contributed by atoms with E-state index in [1.807, 2.05) is 62.3 Å². The molecular formula is C34H68O13. The highest BCUT2D eigenvalue weighted by atomic mass is 16.5. The lowest BCUT2D eigenvalue weighted by molar-refractivity contribution is -0.229. The largest absolute Gasteiger partial charge is 0.479 e. The number of carbonyl (C=O) groups is 1. The molecule has 3 saturated heterocycles. The van der Waals surface area contributed by atoms with Crippen LogP contribution in [0.3, 0.4) is 0 Å². The number of carboxylic acid groups (broad SMARTS) is 1. The molecule has 0 spiro atoms. The standard InChI is InChI=1S/C11H20O5.2C11H22O4.CH4/c1-5-6(12)7(13)9(11(2,3)4)16-8(5)10(14)15;2*1-6-7(5-12)15-10(11(2,3)4)9(14)8(6)13;/h5-9,12-13H,1-4H3,(H,14,15);2*6-10,12-14H,5H2,1-4H3;1H4/t5-,6-,7+,8-,9+;6-,7+,8-,9+,10+;6-,7-,8+,9-,10-;/m001./s1. The fourth-order valence-corrected chi connectivity index (χ4v) is 6.09. The molecule has 3 rings (SSSR count). The number of carboxylic acids is 1. The van der Waals surface area contributed by atoms with Gasteiger partial charge in [0.1, 0.15) is 18.3 Å². The molecule has 0 aromatic carbocycles.